The van der Waals surface area contributed by atoms with Crippen molar-refractivity contribution < 1.29 is 30.0 Å². The lowest BCUT2D eigenvalue weighted by Gasteiger charge is -2.37. The van der Waals surface area contributed by atoms with E-state index in [-0.39, 0.29) is 6.41 Å². The summed E-state index contributed by atoms with van der Waals surface area (Å²) in [7, 11) is 0. The zero-order valence-electron chi connectivity index (χ0n) is 6.57. The zero-order chi connectivity index (χ0) is 10.0. The van der Waals surface area contributed by atoms with Gasteiger partial charge in [0, 0.05) is 0 Å². The topological polar surface area (TPSA) is 119 Å². The third-order valence-electron chi connectivity index (χ3n) is 1.82. The highest BCUT2D eigenvalue weighted by Gasteiger charge is 2.42. The standard InChI is InChI=1S/C6H11NO6/c8-1-7-5-3(10)2(9)4(11)6(12)13-5/h1-6,9-12H,(H,7,8)/t2-,3-,4+,5-,6?/m0/s1. The van der Waals surface area contributed by atoms with Crippen molar-refractivity contribution in [2.75, 3.05) is 0 Å². The van der Waals surface area contributed by atoms with Gasteiger partial charge in [-0.3, -0.25) is 4.79 Å². The number of hydrogen-bond donors (Lipinski definition) is 5. The molecule has 76 valence electrons. The first-order chi connectivity index (χ1) is 6.07. The number of rotatable bonds is 2. The summed E-state index contributed by atoms with van der Waals surface area (Å²) in [4.78, 5) is 9.99. The lowest BCUT2D eigenvalue weighted by atomic mass is 10.0. The smallest absolute Gasteiger partial charge is 0.209 e. The highest BCUT2D eigenvalue weighted by atomic mass is 16.6. The van der Waals surface area contributed by atoms with Crippen LogP contribution in [0.2, 0.25) is 0 Å². The number of hydrogen-bond acceptors (Lipinski definition) is 6. The minimum Gasteiger partial charge on any atom is -0.387 e. The van der Waals surface area contributed by atoms with Crippen LogP contribution in [-0.2, 0) is 9.53 Å². The van der Waals surface area contributed by atoms with Crippen molar-refractivity contribution in [3.05, 3.63) is 0 Å². The maximum absolute atomic E-state index is 9.99. The van der Waals surface area contributed by atoms with Crippen LogP contribution in [0.3, 0.4) is 0 Å². The van der Waals surface area contributed by atoms with Crippen LogP contribution >= 0.6 is 0 Å². The average Bonchev–Trinajstić information content (AvgIpc) is 2.11. The fourth-order valence-corrected chi connectivity index (χ4v) is 1.07. The number of aliphatic hydroxyl groups excluding tert-OH is 4. The Labute approximate surface area is 73.6 Å². The van der Waals surface area contributed by atoms with Gasteiger partial charge in [-0.25, -0.2) is 0 Å². The molecule has 1 aliphatic heterocycles. The van der Waals surface area contributed by atoms with Crippen LogP contribution in [0.25, 0.3) is 0 Å². The summed E-state index contributed by atoms with van der Waals surface area (Å²) in [5.74, 6) is 0. The summed E-state index contributed by atoms with van der Waals surface area (Å²) in [6.45, 7) is 0. The largest absolute Gasteiger partial charge is 0.387 e. The second kappa shape index (κ2) is 3.99. The molecule has 5 atom stereocenters. The van der Waals surface area contributed by atoms with E-state index in [9.17, 15) is 9.90 Å². The summed E-state index contributed by atoms with van der Waals surface area (Å²) in [6.07, 6.45) is -7.20. The molecule has 1 heterocycles. The Morgan fingerprint density at radius 1 is 1.08 bits per heavy atom. The summed E-state index contributed by atoms with van der Waals surface area (Å²) >= 11 is 0. The Hall–Kier alpha value is -0.730. The molecular formula is C6H11NO6. The summed E-state index contributed by atoms with van der Waals surface area (Å²) < 4.78 is 4.57. The van der Waals surface area contributed by atoms with Gasteiger partial charge in [-0.2, -0.15) is 0 Å². The fraction of sp³-hybridized carbons (Fsp3) is 0.833. The van der Waals surface area contributed by atoms with Gasteiger partial charge in [0.1, 0.15) is 18.3 Å². The lowest BCUT2D eigenvalue weighted by molar-refractivity contribution is -0.285. The molecule has 7 nitrogen and oxygen atoms in total. The van der Waals surface area contributed by atoms with Gasteiger partial charge in [-0.1, -0.05) is 0 Å². The van der Waals surface area contributed by atoms with Gasteiger partial charge < -0.3 is 30.5 Å². The molecule has 1 saturated heterocycles. The van der Waals surface area contributed by atoms with Gasteiger partial charge in [0.15, 0.2) is 12.5 Å². The Bertz CT molecular complexity index is 188. The van der Waals surface area contributed by atoms with Gasteiger partial charge >= 0.3 is 0 Å². The first kappa shape index (κ1) is 10.4. The van der Waals surface area contributed by atoms with Crippen molar-refractivity contribution in [1.82, 2.24) is 5.32 Å². The predicted octanol–water partition coefficient (Wildman–Crippen LogP) is -3.51. The van der Waals surface area contributed by atoms with E-state index in [0.717, 1.165) is 0 Å². The van der Waals surface area contributed by atoms with Crippen LogP contribution in [0.5, 0.6) is 0 Å². The van der Waals surface area contributed by atoms with E-state index in [4.69, 9.17) is 15.3 Å². The molecule has 0 aromatic rings. The molecule has 7 heteroatoms. The van der Waals surface area contributed by atoms with E-state index in [2.05, 4.69) is 4.74 Å². The van der Waals surface area contributed by atoms with Crippen LogP contribution < -0.4 is 5.32 Å². The third kappa shape index (κ3) is 1.95. The van der Waals surface area contributed by atoms with Crippen molar-refractivity contribution >= 4 is 6.41 Å². The van der Waals surface area contributed by atoms with Crippen molar-refractivity contribution in [2.24, 2.45) is 0 Å². The minimum atomic E-state index is -1.63. The highest BCUT2D eigenvalue weighted by molar-refractivity contribution is 5.46. The fourth-order valence-electron chi connectivity index (χ4n) is 1.07. The van der Waals surface area contributed by atoms with Gasteiger partial charge in [-0.15, -0.1) is 0 Å². The molecule has 1 unspecified atom stereocenters. The van der Waals surface area contributed by atoms with Crippen LogP contribution in [0, 0.1) is 0 Å². The van der Waals surface area contributed by atoms with E-state index < -0.39 is 30.8 Å². The molecule has 0 radical (unpaired) electrons. The van der Waals surface area contributed by atoms with Crippen LogP contribution in [0.1, 0.15) is 0 Å². The third-order valence-corrected chi connectivity index (χ3v) is 1.82. The van der Waals surface area contributed by atoms with Crippen LogP contribution in [0.4, 0.5) is 0 Å². The average molecular weight is 193 g/mol. The molecule has 5 N–H and O–H groups in total. The Morgan fingerprint density at radius 2 is 1.69 bits per heavy atom. The first-order valence-electron chi connectivity index (χ1n) is 3.65. The number of amides is 1. The highest BCUT2D eigenvalue weighted by Crippen LogP contribution is 2.17. The van der Waals surface area contributed by atoms with Crippen molar-refractivity contribution in [2.45, 2.75) is 30.8 Å². The number of aliphatic hydroxyl groups is 4. The van der Waals surface area contributed by atoms with Crippen LogP contribution in [0.15, 0.2) is 0 Å². The monoisotopic (exact) mass is 193 g/mol. The second-order valence-electron chi connectivity index (χ2n) is 2.70. The number of ether oxygens (including phenoxy) is 1. The second-order valence-corrected chi connectivity index (χ2v) is 2.70. The summed E-state index contributed by atoms with van der Waals surface area (Å²) in [5, 5.41) is 38.3. The number of nitrogens with one attached hydrogen (secondary N) is 1. The predicted molar refractivity (Wildman–Crippen MR) is 38.1 cm³/mol. The van der Waals surface area contributed by atoms with E-state index >= 15 is 0 Å². The molecule has 0 saturated carbocycles. The van der Waals surface area contributed by atoms with E-state index in [1.807, 2.05) is 5.32 Å². The van der Waals surface area contributed by atoms with Gasteiger partial charge in [0.05, 0.1) is 0 Å². The van der Waals surface area contributed by atoms with Crippen LogP contribution in [-0.4, -0.2) is 57.7 Å². The quantitative estimate of drug-likeness (QED) is 0.290. The molecule has 1 rings (SSSR count). The minimum absolute atomic E-state index is 0.255. The Kier molecular flexibility index (Phi) is 3.17. The van der Waals surface area contributed by atoms with Gasteiger partial charge in [0.2, 0.25) is 6.41 Å². The zero-order valence-corrected chi connectivity index (χ0v) is 6.57. The SMILES string of the molecule is O=CN[C@H]1OC(O)[C@H](O)[C@@H](O)[C@@H]1O. The summed E-state index contributed by atoms with van der Waals surface area (Å²) in [5.41, 5.74) is 0. The van der Waals surface area contributed by atoms with Crippen molar-refractivity contribution in [3.63, 3.8) is 0 Å². The summed E-state index contributed by atoms with van der Waals surface area (Å²) in [6, 6.07) is 0. The maximum Gasteiger partial charge on any atom is 0.209 e. The molecular weight excluding hydrogens is 182 g/mol. The molecule has 0 bridgehead atoms. The number of carbonyl (C=O) groups is 1. The first-order valence-corrected chi connectivity index (χ1v) is 3.65. The molecule has 1 amide bonds. The Balaban J connectivity index is 2.64. The lowest BCUT2D eigenvalue weighted by Crippen LogP contribution is -2.61. The van der Waals surface area contributed by atoms with Crippen molar-refractivity contribution in [3.8, 4) is 0 Å². The molecule has 0 aromatic carbocycles. The van der Waals surface area contributed by atoms with E-state index in [1.54, 1.807) is 0 Å². The normalized spacial score (nSPS) is 45.7. The Morgan fingerprint density at radius 3 is 2.23 bits per heavy atom. The molecule has 0 aliphatic carbocycles. The molecule has 13 heavy (non-hydrogen) atoms. The molecule has 0 spiro atoms. The van der Waals surface area contributed by atoms with Crippen molar-refractivity contribution in [1.29, 1.82) is 0 Å². The van der Waals surface area contributed by atoms with Gasteiger partial charge in [-0.05, 0) is 0 Å². The maximum atomic E-state index is 9.99. The van der Waals surface area contributed by atoms with E-state index in [0.29, 0.717) is 0 Å². The van der Waals surface area contributed by atoms with Gasteiger partial charge in [0.25, 0.3) is 0 Å². The molecule has 1 aliphatic rings. The number of carbonyl (C=O) groups excluding carboxylic acids is 1. The molecule has 0 aromatic heterocycles. The van der Waals surface area contributed by atoms with E-state index in [1.165, 1.54) is 0 Å². The molecule has 1 fully saturated rings.